The molecular weight excluding hydrogens is 182 g/mol. The van der Waals surface area contributed by atoms with Gasteiger partial charge in [-0.05, 0) is 25.5 Å². The zero-order valence-corrected chi connectivity index (χ0v) is 8.67. The molecule has 70 valence electrons. The zero-order chi connectivity index (χ0) is 9.68. The summed E-state index contributed by atoms with van der Waals surface area (Å²) < 4.78 is 11.5. The highest BCUT2D eigenvalue weighted by molar-refractivity contribution is 7.85. The van der Waals surface area contributed by atoms with Crippen LogP contribution in [0.1, 0.15) is 12.5 Å². The molecule has 0 N–H and O–H groups in total. The van der Waals surface area contributed by atoms with Crippen LogP contribution in [0.4, 0.5) is 0 Å². The van der Waals surface area contributed by atoms with Gasteiger partial charge in [0.2, 0.25) is 0 Å². The minimum absolute atomic E-state index is 0.548. The molecule has 1 heterocycles. The average Bonchev–Trinajstić information content (AvgIpc) is 2.15. The van der Waals surface area contributed by atoms with E-state index in [0.29, 0.717) is 10.8 Å². The third-order valence-corrected chi connectivity index (χ3v) is 2.80. The molecule has 0 aliphatic heterocycles. The second kappa shape index (κ2) is 4.92. The van der Waals surface area contributed by atoms with Gasteiger partial charge in [-0.25, -0.2) is 4.98 Å². The van der Waals surface area contributed by atoms with E-state index in [2.05, 4.69) is 4.98 Å². The maximum atomic E-state index is 11.5. The van der Waals surface area contributed by atoms with Gasteiger partial charge in [0.15, 0.2) is 0 Å². The lowest BCUT2D eigenvalue weighted by atomic mass is 10.3. The van der Waals surface area contributed by atoms with Crippen LogP contribution in [-0.2, 0) is 10.8 Å². The Kier molecular flexibility index (Phi) is 3.83. The first-order valence-corrected chi connectivity index (χ1v) is 5.48. The Hall–Kier alpha value is -0.960. The lowest BCUT2D eigenvalue weighted by molar-refractivity contribution is 0.682. The third kappa shape index (κ3) is 3.11. The smallest absolute Gasteiger partial charge is 0.127 e. The average molecular weight is 195 g/mol. The van der Waals surface area contributed by atoms with Gasteiger partial charge in [0.25, 0.3) is 0 Å². The second-order valence-electron chi connectivity index (χ2n) is 2.76. The number of aryl methyl sites for hydroxylation is 1. The molecular formula is C10H13NOS. The number of rotatable bonds is 3. The van der Waals surface area contributed by atoms with Gasteiger partial charge >= 0.3 is 0 Å². The van der Waals surface area contributed by atoms with Gasteiger partial charge in [-0.2, -0.15) is 0 Å². The lowest BCUT2D eigenvalue weighted by Gasteiger charge is -1.97. The molecule has 1 rings (SSSR count). The van der Waals surface area contributed by atoms with Gasteiger partial charge in [-0.3, -0.25) is 4.21 Å². The Morgan fingerprint density at radius 3 is 2.85 bits per heavy atom. The van der Waals surface area contributed by atoms with Crippen LogP contribution in [0.25, 0.3) is 0 Å². The van der Waals surface area contributed by atoms with Crippen molar-refractivity contribution in [1.29, 1.82) is 0 Å². The van der Waals surface area contributed by atoms with E-state index in [1.54, 1.807) is 6.20 Å². The molecule has 1 atom stereocenters. The number of nitrogens with zero attached hydrogens (tertiary/aromatic N) is 1. The van der Waals surface area contributed by atoms with Gasteiger partial charge < -0.3 is 0 Å². The summed E-state index contributed by atoms with van der Waals surface area (Å²) in [6.45, 7) is 3.88. The molecule has 1 aromatic heterocycles. The fourth-order valence-corrected chi connectivity index (χ4v) is 1.79. The van der Waals surface area contributed by atoms with Gasteiger partial charge in [-0.1, -0.05) is 18.2 Å². The van der Waals surface area contributed by atoms with Crippen LogP contribution in [-0.4, -0.2) is 14.9 Å². The van der Waals surface area contributed by atoms with E-state index in [-0.39, 0.29) is 0 Å². The van der Waals surface area contributed by atoms with E-state index in [0.717, 1.165) is 5.56 Å². The molecule has 0 bridgehead atoms. The first kappa shape index (κ1) is 10.1. The van der Waals surface area contributed by atoms with Crippen molar-refractivity contribution in [3.05, 3.63) is 36.0 Å². The molecule has 3 heteroatoms. The predicted molar refractivity (Wildman–Crippen MR) is 55.1 cm³/mol. The molecule has 0 saturated carbocycles. The lowest BCUT2D eigenvalue weighted by Crippen LogP contribution is -1.97. The highest BCUT2D eigenvalue weighted by Crippen LogP contribution is 2.04. The van der Waals surface area contributed by atoms with Crippen LogP contribution in [0.3, 0.4) is 0 Å². The van der Waals surface area contributed by atoms with Crippen molar-refractivity contribution in [1.82, 2.24) is 4.98 Å². The second-order valence-corrected chi connectivity index (χ2v) is 4.20. The summed E-state index contributed by atoms with van der Waals surface area (Å²) >= 11 is 0. The van der Waals surface area contributed by atoms with Gasteiger partial charge in [0.1, 0.15) is 5.03 Å². The monoisotopic (exact) mass is 195 g/mol. The molecule has 1 aromatic rings. The Morgan fingerprint density at radius 1 is 1.54 bits per heavy atom. The van der Waals surface area contributed by atoms with Crippen molar-refractivity contribution >= 4 is 10.8 Å². The van der Waals surface area contributed by atoms with Crippen molar-refractivity contribution in [3.8, 4) is 0 Å². The number of aromatic nitrogens is 1. The molecule has 2 nitrogen and oxygen atoms in total. The molecule has 0 radical (unpaired) electrons. The van der Waals surface area contributed by atoms with Crippen LogP contribution in [0.2, 0.25) is 0 Å². The normalized spacial score (nSPS) is 13.4. The number of hydrogen-bond acceptors (Lipinski definition) is 2. The molecule has 0 aliphatic carbocycles. The Balaban J connectivity index is 2.72. The summed E-state index contributed by atoms with van der Waals surface area (Å²) in [4.78, 5) is 4.10. The van der Waals surface area contributed by atoms with E-state index in [1.165, 1.54) is 0 Å². The van der Waals surface area contributed by atoms with E-state index >= 15 is 0 Å². The Bertz CT molecular complexity index is 316. The number of pyridine rings is 1. The molecule has 1 unspecified atom stereocenters. The quantitative estimate of drug-likeness (QED) is 0.691. The van der Waals surface area contributed by atoms with Crippen molar-refractivity contribution in [2.24, 2.45) is 0 Å². The maximum Gasteiger partial charge on any atom is 0.127 e. The third-order valence-electron chi connectivity index (χ3n) is 1.60. The van der Waals surface area contributed by atoms with E-state index in [4.69, 9.17) is 0 Å². The van der Waals surface area contributed by atoms with Crippen LogP contribution >= 0.6 is 0 Å². The van der Waals surface area contributed by atoms with Crippen molar-refractivity contribution in [2.45, 2.75) is 18.9 Å². The van der Waals surface area contributed by atoms with Crippen LogP contribution < -0.4 is 0 Å². The van der Waals surface area contributed by atoms with Crippen LogP contribution in [0.15, 0.2) is 35.5 Å². The Labute approximate surface area is 81.2 Å². The summed E-state index contributed by atoms with van der Waals surface area (Å²) in [6.07, 6.45) is 5.52. The number of allylic oxidation sites excluding steroid dienone is 1. The van der Waals surface area contributed by atoms with E-state index < -0.39 is 10.8 Å². The van der Waals surface area contributed by atoms with Gasteiger partial charge in [0, 0.05) is 11.9 Å². The largest absolute Gasteiger partial charge is 0.252 e. The molecule has 0 aromatic carbocycles. The molecule has 0 saturated heterocycles. The highest BCUT2D eigenvalue weighted by atomic mass is 32.2. The number of hydrogen-bond donors (Lipinski definition) is 0. The van der Waals surface area contributed by atoms with E-state index in [9.17, 15) is 4.21 Å². The van der Waals surface area contributed by atoms with E-state index in [1.807, 2.05) is 38.1 Å². The molecule has 13 heavy (non-hydrogen) atoms. The summed E-state index contributed by atoms with van der Waals surface area (Å²) in [7, 11) is -0.989. The van der Waals surface area contributed by atoms with Crippen molar-refractivity contribution in [2.75, 3.05) is 5.75 Å². The summed E-state index contributed by atoms with van der Waals surface area (Å²) in [6, 6.07) is 3.74. The zero-order valence-electron chi connectivity index (χ0n) is 7.86. The summed E-state index contributed by atoms with van der Waals surface area (Å²) in [5, 5.41) is 0.656. The molecule has 0 fully saturated rings. The standard InChI is InChI=1S/C10H13NOS/c1-3-4-7-13(12)10-6-5-9(2)8-11-10/h3-6,8H,7H2,1-2H3/b4-3+. The summed E-state index contributed by atoms with van der Waals surface area (Å²) in [5.74, 6) is 0.548. The molecule has 0 aliphatic rings. The first-order valence-electron chi connectivity index (χ1n) is 4.16. The molecule has 0 spiro atoms. The Morgan fingerprint density at radius 2 is 2.31 bits per heavy atom. The SMILES string of the molecule is C/C=C/CS(=O)c1ccc(C)cn1. The first-order chi connectivity index (χ1) is 6.24. The van der Waals surface area contributed by atoms with Crippen LogP contribution in [0.5, 0.6) is 0 Å². The fraction of sp³-hybridized carbons (Fsp3) is 0.300. The van der Waals surface area contributed by atoms with Crippen molar-refractivity contribution < 1.29 is 4.21 Å². The minimum Gasteiger partial charge on any atom is -0.252 e. The fourth-order valence-electron chi connectivity index (χ4n) is 0.858. The maximum absolute atomic E-state index is 11.5. The minimum atomic E-state index is -0.989. The molecule has 0 amide bonds. The highest BCUT2D eigenvalue weighted by Gasteiger charge is 2.01. The van der Waals surface area contributed by atoms with Gasteiger partial charge in [0.05, 0.1) is 10.8 Å². The van der Waals surface area contributed by atoms with Crippen molar-refractivity contribution in [3.63, 3.8) is 0 Å². The van der Waals surface area contributed by atoms with Crippen LogP contribution in [0, 0.1) is 6.92 Å². The summed E-state index contributed by atoms with van der Waals surface area (Å²) in [5.41, 5.74) is 1.09. The van der Waals surface area contributed by atoms with Gasteiger partial charge in [-0.15, -0.1) is 0 Å². The topological polar surface area (TPSA) is 30.0 Å². The predicted octanol–water partition coefficient (Wildman–Crippen LogP) is 2.07.